The van der Waals surface area contributed by atoms with E-state index in [4.69, 9.17) is 14.2 Å². The van der Waals surface area contributed by atoms with Gasteiger partial charge >= 0.3 is 6.18 Å². The average Bonchev–Trinajstić information content (AvgIpc) is 2.65. The van der Waals surface area contributed by atoms with Crippen molar-refractivity contribution in [3.63, 3.8) is 0 Å². The van der Waals surface area contributed by atoms with Crippen LogP contribution in [0.2, 0.25) is 0 Å². The maximum Gasteiger partial charge on any atom is 0.416 e. The molecule has 2 aromatic rings. The summed E-state index contributed by atoms with van der Waals surface area (Å²) in [5.74, 6) is 0.637. The van der Waals surface area contributed by atoms with Gasteiger partial charge in [0.15, 0.2) is 11.5 Å². The van der Waals surface area contributed by atoms with Crippen molar-refractivity contribution in [2.45, 2.75) is 6.18 Å². The fourth-order valence-corrected chi connectivity index (χ4v) is 2.35. The van der Waals surface area contributed by atoms with Crippen molar-refractivity contribution in [1.29, 1.82) is 0 Å². The Kier molecular flexibility index (Phi) is 6.38. The Bertz CT molecular complexity index is 784. The molecular weight excluding hydrogens is 365 g/mol. The second-order valence-corrected chi connectivity index (χ2v) is 5.39. The van der Waals surface area contributed by atoms with Crippen molar-refractivity contribution in [3.05, 3.63) is 42.0 Å². The number of hydrogen-bond acceptors (Lipinski definition) is 5. The van der Waals surface area contributed by atoms with E-state index in [1.807, 2.05) is 0 Å². The van der Waals surface area contributed by atoms with Gasteiger partial charge in [0.25, 0.3) is 0 Å². The lowest BCUT2D eigenvalue weighted by Crippen LogP contribution is -2.22. The molecule has 0 bridgehead atoms. The molecule has 6 nitrogen and oxygen atoms in total. The molecule has 0 aromatic heterocycles. The van der Waals surface area contributed by atoms with Gasteiger partial charge in [-0.2, -0.15) is 13.2 Å². The van der Waals surface area contributed by atoms with Crippen LogP contribution in [0.15, 0.2) is 36.4 Å². The lowest BCUT2D eigenvalue weighted by molar-refractivity contribution is -0.137. The van der Waals surface area contributed by atoms with Crippen LogP contribution in [0.1, 0.15) is 5.56 Å². The van der Waals surface area contributed by atoms with Crippen LogP contribution in [0.4, 0.5) is 24.5 Å². The number of alkyl halides is 3. The average molecular weight is 384 g/mol. The van der Waals surface area contributed by atoms with E-state index >= 15 is 0 Å². The van der Waals surface area contributed by atoms with Crippen molar-refractivity contribution in [1.82, 2.24) is 0 Å². The minimum absolute atomic E-state index is 0.185. The van der Waals surface area contributed by atoms with Gasteiger partial charge in [-0.15, -0.1) is 0 Å². The fraction of sp³-hybridized carbons (Fsp3) is 0.278. The minimum Gasteiger partial charge on any atom is -0.493 e. The molecule has 0 unspecified atom stereocenters. The van der Waals surface area contributed by atoms with E-state index in [2.05, 4.69) is 10.6 Å². The molecule has 2 N–H and O–H groups in total. The van der Waals surface area contributed by atoms with Crippen LogP contribution >= 0.6 is 0 Å². The van der Waals surface area contributed by atoms with E-state index in [-0.39, 0.29) is 12.2 Å². The first-order valence-corrected chi connectivity index (χ1v) is 7.79. The smallest absolute Gasteiger partial charge is 0.416 e. The second-order valence-electron chi connectivity index (χ2n) is 5.39. The monoisotopic (exact) mass is 384 g/mol. The molecule has 27 heavy (non-hydrogen) atoms. The molecule has 9 heteroatoms. The highest BCUT2D eigenvalue weighted by Crippen LogP contribution is 2.39. The van der Waals surface area contributed by atoms with Crippen molar-refractivity contribution < 1.29 is 32.2 Å². The largest absolute Gasteiger partial charge is 0.493 e. The number of carbonyl (C=O) groups is 1. The Morgan fingerprint density at radius 1 is 0.963 bits per heavy atom. The first-order chi connectivity index (χ1) is 12.8. The second kappa shape index (κ2) is 8.52. The maximum absolute atomic E-state index is 12.7. The Morgan fingerprint density at radius 2 is 1.59 bits per heavy atom. The Morgan fingerprint density at radius 3 is 2.11 bits per heavy atom. The summed E-state index contributed by atoms with van der Waals surface area (Å²) in [6.07, 6.45) is -4.45. The van der Waals surface area contributed by atoms with Gasteiger partial charge in [-0.3, -0.25) is 4.79 Å². The number of methoxy groups -OCH3 is 3. The van der Waals surface area contributed by atoms with Gasteiger partial charge in [-0.05, 0) is 18.2 Å². The molecule has 2 aromatic carbocycles. The number of anilines is 2. The summed E-state index contributed by atoms with van der Waals surface area (Å²) in [5, 5.41) is 5.28. The summed E-state index contributed by atoms with van der Waals surface area (Å²) in [5.41, 5.74) is -0.220. The lowest BCUT2D eigenvalue weighted by Gasteiger charge is -2.15. The van der Waals surface area contributed by atoms with Crippen LogP contribution in [-0.2, 0) is 11.0 Å². The summed E-state index contributed by atoms with van der Waals surface area (Å²) >= 11 is 0. The van der Waals surface area contributed by atoms with E-state index < -0.39 is 17.6 Å². The molecule has 0 atom stereocenters. The van der Waals surface area contributed by atoms with Gasteiger partial charge in [0, 0.05) is 23.5 Å². The van der Waals surface area contributed by atoms with Crippen molar-refractivity contribution in [2.24, 2.45) is 0 Å². The highest BCUT2D eigenvalue weighted by atomic mass is 19.4. The molecule has 1 amide bonds. The summed E-state index contributed by atoms with van der Waals surface area (Å²) < 4.78 is 53.7. The summed E-state index contributed by atoms with van der Waals surface area (Å²) in [4.78, 5) is 12.1. The number of carbonyl (C=O) groups excluding carboxylic acids is 1. The predicted octanol–water partition coefficient (Wildman–Crippen LogP) is 3.78. The number of rotatable bonds is 7. The van der Waals surface area contributed by atoms with Crippen LogP contribution in [0.3, 0.4) is 0 Å². The third-order valence-electron chi connectivity index (χ3n) is 3.59. The zero-order valence-electron chi connectivity index (χ0n) is 14.9. The molecule has 0 aliphatic heterocycles. The predicted molar refractivity (Wildman–Crippen MR) is 94.7 cm³/mol. The van der Waals surface area contributed by atoms with Crippen LogP contribution in [0, 0.1) is 0 Å². The number of amides is 1. The molecule has 146 valence electrons. The molecule has 0 fully saturated rings. The summed E-state index contributed by atoms with van der Waals surface area (Å²) in [6, 6.07) is 7.70. The molecule has 2 rings (SSSR count). The normalized spacial score (nSPS) is 10.9. The van der Waals surface area contributed by atoms with E-state index in [1.165, 1.54) is 33.5 Å². The molecule has 0 spiro atoms. The molecule has 0 aliphatic rings. The number of ether oxygens (including phenoxy) is 3. The van der Waals surface area contributed by atoms with Gasteiger partial charge in [-0.1, -0.05) is 6.07 Å². The van der Waals surface area contributed by atoms with Gasteiger partial charge in [0.1, 0.15) is 0 Å². The Labute approximate surface area is 154 Å². The van der Waals surface area contributed by atoms with E-state index in [9.17, 15) is 18.0 Å². The quantitative estimate of drug-likeness (QED) is 0.760. The van der Waals surface area contributed by atoms with Gasteiger partial charge < -0.3 is 24.8 Å². The van der Waals surface area contributed by atoms with Crippen molar-refractivity contribution >= 4 is 17.3 Å². The zero-order valence-corrected chi connectivity index (χ0v) is 14.9. The lowest BCUT2D eigenvalue weighted by atomic mass is 10.2. The fourth-order valence-electron chi connectivity index (χ4n) is 2.35. The maximum atomic E-state index is 12.7. The van der Waals surface area contributed by atoms with Gasteiger partial charge in [-0.25, -0.2) is 0 Å². The summed E-state index contributed by atoms with van der Waals surface area (Å²) in [7, 11) is 4.34. The summed E-state index contributed by atoms with van der Waals surface area (Å²) in [6.45, 7) is -0.224. The van der Waals surface area contributed by atoms with Crippen LogP contribution in [-0.4, -0.2) is 33.8 Å². The SMILES string of the molecule is COc1cc(NC(=O)CNc2cccc(C(F)(F)F)c2)cc(OC)c1OC. The van der Waals surface area contributed by atoms with Crippen LogP contribution in [0.25, 0.3) is 0 Å². The minimum atomic E-state index is -4.45. The highest BCUT2D eigenvalue weighted by molar-refractivity contribution is 5.94. The topological polar surface area (TPSA) is 68.8 Å². The first-order valence-electron chi connectivity index (χ1n) is 7.79. The molecule has 0 saturated heterocycles. The third-order valence-corrected chi connectivity index (χ3v) is 3.59. The molecular formula is C18H19F3N2O4. The molecule has 0 saturated carbocycles. The van der Waals surface area contributed by atoms with Gasteiger partial charge in [0.05, 0.1) is 33.4 Å². The standard InChI is InChI=1S/C18H19F3N2O4/c1-25-14-8-13(9-15(26-2)17(14)27-3)23-16(24)10-22-12-6-4-5-11(7-12)18(19,20)21/h4-9,22H,10H2,1-3H3,(H,23,24). The molecule has 0 aliphatic carbocycles. The number of halogens is 3. The van der Waals surface area contributed by atoms with Crippen molar-refractivity contribution in [2.75, 3.05) is 38.5 Å². The van der Waals surface area contributed by atoms with Crippen molar-refractivity contribution in [3.8, 4) is 17.2 Å². The highest BCUT2D eigenvalue weighted by Gasteiger charge is 2.30. The third kappa shape index (κ3) is 5.19. The Balaban J connectivity index is 2.06. The molecule has 0 heterocycles. The number of hydrogen-bond donors (Lipinski definition) is 2. The van der Waals surface area contributed by atoms with E-state index in [0.29, 0.717) is 22.9 Å². The van der Waals surface area contributed by atoms with Gasteiger partial charge in [0.2, 0.25) is 11.7 Å². The molecule has 0 radical (unpaired) electrons. The van der Waals surface area contributed by atoms with Crippen LogP contribution in [0.5, 0.6) is 17.2 Å². The van der Waals surface area contributed by atoms with E-state index in [0.717, 1.165) is 12.1 Å². The number of nitrogens with one attached hydrogen (secondary N) is 2. The number of benzene rings is 2. The first kappa shape index (κ1) is 20.2. The Hall–Kier alpha value is -3.10. The zero-order chi connectivity index (χ0) is 20.0. The van der Waals surface area contributed by atoms with E-state index in [1.54, 1.807) is 12.1 Å². The van der Waals surface area contributed by atoms with Crippen LogP contribution < -0.4 is 24.8 Å².